The molecule has 3 nitrogen and oxygen atoms in total. The predicted octanol–water partition coefficient (Wildman–Crippen LogP) is 2.38. The molecule has 1 amide bonds. The molecule has 0 heterocycles. The molecule has 0 aliphatic heterocycles. The maximum atomic E-state index is 11.8. The molecular weight excluding hydrogens is 214 g/mol. The van der Waals surface area contributed by atoms with Gasteiger partial charge < -0.3 is 10.4 Å². The summed E-state index contributed by atoms with van der Waals surface area (Å²) in [5.74, 6) is 0.323. The topological polar surface area (TPSA) is 49.3 Å². The number of phenols is 1. The molecule has 0 atom stereocenters. The molecule has 0 unspecified atom stereocenters. The van der Waals surface area contributed by atoms with Crippen LogP contribution in [0.2, 0.25) is 0 Å². The fourth-order valence-electron chi connectivity index (χ4n) is 2.32. The number of nitrogens with one attached hydrogen (secondary N) is 1. The molecule has 0 bridgehead atoms. The van der Waals surface area contributed by atoms with E-state index < -0.39 is 0 Å². The number of hydrogen-bond donors (Lipinski definition) is 2. The van der Waals surface area contributed by atoms with Crippen LogP contribution in [0.15, 0.2) is 24.3 Å². The molecule has 3 heteroatoms. The largest absolute Gasteiger partial charge is 0.508 e. The van der Waals surface area contributed by atoms with Gasteiger partial charge in [-0.25, -0.2) is 0 Å². The van der Waals surface area contributed by atoms with Crippen LogP contribution in [0, 0.1) is 0 Å². The number of benzene rings is 1. The van der Waals surface area contributed by atoms with Crippen LogP contribution in [0.3, 0.4) is 0 Å². The summed E-state index contributed by atoms with van der Waals surface area (Å²) in [7, 11) is 0. The van der Waals surface area contributed by atoms with Crippen LogP contribution in [0.4, 0.5) is 0 Å². The average molecular weight is 233 g/mol. The van der Waals surface area contributed by atoms with E-state index in [0.29, 0.717) is 12.5 Å². The number of carbonyl (C=O) groups excluding carboxylic acids is 1. The van der Waals surface area contributed by atoms with Crippen LogP contribution >= 0.6 is 0 Å². The van der Waals surface area contributed by atoms with Crippen molar-refractivity contribution >= 4 is 5.91 Å². The van der Waals surface area contributed by atoms with Crippen molar-refractivity contribution in [2.45, 2.75) is 44.6 Å². The van der Waals surface area contributed by atoms with E-state index in [0.717, 1.165) is 18.4 Å². The molecule has 92 valence electrons. The highest BCUT2D eigenvalue weighted by molar-refractivity contribution is 5.78. The van der Waals surface area contributed by atoms with Gasteiger partial charge in [-0.3, -0.25) is 4.79 Å². The Morgan fingerprint density at radius 2 is 1.82 bits per heavy atom. The lowest BCUT2D eigenvalue weighted by Crippen LogP contribution is -2.37. The molecule has 0 radical (unpaired) electrons. The zero-order chi connectivity index (χ0) is 12.1. The van der Waals surface area contributed by atoms with E-state index in [4.69, 9.17) is 5.11 Å². The van der Waals surface area contributed by atoms with Crippen LogP contribution in [0.25, 0.3) is 0 Å². The summed E-state index contributed by atoms with van der Waals surface area (Å²) < 4.78 is 0. The van der Waals surface area contributed by atoms with Crippen LogP contribution in [-0.4, -0.2) is 17.1 Å². The molecule has 1 aromatic carbocycles. The Kier molecular flexibility index (Phi) is 4.02. The standard InChI is InChI=1S/C14H19NO2/c16-13-8-6-11(7-9-13)10-14(17)15-12-4-2-1-3-5-12/h6-9,12,16H,1-5,10H2,(H,15,17). The van der Waals surface area contributed by atoms with Crippen molar-refractivity contribution < 1.29 is 9.90 Å². The lowest BCUT2D eigenvalue weighted by molar-refractivity contribution is -0.121. The Labute approximate surface area is 102 Å². The van der Waals surface area contributed by atoms with Gasteiger partial charge in [-0.1, -0.05) is 31.4 Å². The number of phenolic OH excluding ortho intramolecular Hbond substituents is 1. The lowest BCUT2D eigenvalue weighted by atomic mass is 9.95. The second-order valence-electron chi connectivity index (χ2n) is 4.75. The minimum Gasteiger partial charge on any atom is -0.508 e. The molecule has 2 rings (SSSR count). The van der Waals surface area contributed by atoms with E-state index in [1.807, 2.05) is 0 Å². The summed E-state index contributed by atoms with van der Waals surface area (Å²) in [4.78, 5) is 11.8. The van der Waals surface area contributed by atoms with E-state index in [9.17, 15) is 4.79 Å². The molecular formula is C14H19NO2. The zero-order valence-corrected chi connectivity index (χ0v) is 9.98. The SMILES string of the molecule is O=C(Cc1ccc(O)cc1)NC1CCCCC1. The highest BCUT2D eigenvalue weighted by Gasteiger charge is 2.15. The highest BCUT2D eigenvalue weighted by atomic mass is 16.3. The maximum Gasteiger partial charge on any atom is 0.224 e. The van der Waals surface area contributed by atoms with Crippen molar-refractivity contribution in [1.82, 2.24) is 5.32 Å². The summed E-state index contributed by atoms with van der Waals surface area (Å²) in [5.41, 5.74) is 0.941. The summed E-state index contributed by atoms with van der Waals surface area (Å²) >= 11 is 0. The Morgan fingerprint density at radius 3 is 2.47 bits per heavy atom. The molecule has 17 heavy (non-hydrogen) atoms. The third-order valence-electron chi connectivity index (χ3n) is 3.27. The van der Waals surface area contributed by atoms with Gasteiger partial charge in [0.1, 0.15) is 5.75 Å². The van der Waals surface area contributed by atoms with E-state index in [2.05, 4.69) is 5.32 Å². The van der Waals surface area contributed by atoms with Gasteiger partial charge in [0.05, 0.1) is 6.42 Å². The first-order chi connectivity index (χ1) is 8.24. The highest BCUT2D eigenvalue weighted by Crippen LogP contribution is 2.17. The number of rotatable bonds is 3. The Balaban J connectivity index is 1.82. The number of hydrogen-bond acceptors (Lipinski definition) is 2. The van der Waals surface area contributed by atoms with E-state index >= 15 is 0 Å². The molecule has 1 saturated carbocycles. The first kappa shape index (κ1) is 12.0. The van der Waals surface area contributed by atoms with Gasteiger partial charge in [-0.15, -0.1) is 0 Å². The molecule has 1 aromatic rings. The summed E-state index contributed by atoms with van der Waals surface area (Å²) in [6, 6.07) is 7.17. The molecule has 1 aliphatic carbocycles. The van der Waals surface area contributed by atoms with Crippen LogP contribution in [0.5, 0.6) is 5.75 Å². The predicted molar refractivity (Wildman–Crippen MR) is 66.8 cm³/mol. The van der Waals surface area contributed by atoms with E-state index in [-0.39, 0.29) is 11.7 Å². The van der Waals surface area contributed by atoms with Gasteiger partial charge >= 0.3 is 0 Å². The van der Waals surface area contributed by atoms with Gasteiger partial charge in [0.2, 0.25) is 5.91 Å². The Morgan fingerprint density at radius 1 is 1.18 bits per heavy atom. The monoisotopic (exact) mass is 233 g/mol. The second kappa shape index (κ2) is 5.71. The van der Waals surface area contributed by atoms with Crippen molar-refractivity contribution in [1.29, 1.82) is 0 Å². The quantitative estimate of drug-likeness (QED) is 0.842. The summed E-state index contributed by atoms with van der Waals surface area (Å²) in [5, 5.41) is 12.2. The first-order valence-corrected chi connectivity index (χ1v) is 6.31. The van der Waals surface area contributed by atoms with Crippen LogP contribution < -0.4 is 5.32 Å². The number of carbonyl (C=O) groups is 1. The number of amides is 1. The van der Waals surface area contributed by atoms with Crippen LogP contribution in [-0.2, 0) is 11.2 Å². The van der Waals surface area contributed by atoms with Crippen LogP contribution in [0.1, 0.15) is 37.7 Å². The lowest BCUT2D eigenvalue weighted by Gasteiger charge is -2.22. The van der Waals surface area contributed by atoms with Crippen molar-refractivity contribution in [2.24, 2.45) is 0 Å². The average Bonchev–Trinajstić information content (AvgIpc) is 2.33. The summed E-state index contributed by atoms with van der Waals surface area (Å²) in [6.07, 6.45) is 6.37. The third-order valence-corrected chi connectivity index (χ3v) is 3.27. The van der Waals surface area contributed by atoms with Crippen molar-refractivity contribution in [3.05, 3.63) is 29.8 Å². The number of aromatic hydroxyl groups is 1. The fourth-order valence-corrected chi connectivity index (χ4v) is 2.32. The first-order valence-electron chi connectivity index (χ1n) is 6.31. The molecule has 2 N–H and O–H groups in total. The minimum absolute atomic E-state index is 0.0857. The van der Waals surface area contributed by atoms with Crippen molar-refractivity contribution in [2.75, 3.05) is 0 Å². The van der Waals surface area contributed by atoms with E-state index in [1.165, 1.54) is 19.3 Å². The van der Waals surface area contributed by atoms with Gasteiger partial charge in [0, 0.05) is 6.04 Å². The van der Waals surface area contributed by atoms with Crippen molar-refractivity contribution in [3.63, 3.8) is 0 Å². The van der Waals surface area contributed by atoms with Crippen molar-refractivity contribution in [3.8, 4) is 5.75 Å². The molecule has 0 spiro atoms. The smallest absolute Gasteiger partial charge is 0.224 e. The third kappa shape index (κ3) is 3.77. The molecule has 0 aromatic heterocycles. The summed E-state index contributed by atoms with van der Waals surface area (Å²) in [6.45, 7) is 0. The van der Waals surface area contributed by atoms with Gasteiger partial charge in [0.25, 0.3) is 0 Å². The molecule has 0 saturated heterocycles. The second-order valence-corrected chi connectivity index (χ2v) is 4.75. The molecule has 1 aliphatic rings. The molecule has 1 fully saturated rings. The fraction of sp³-hybridized carbons (Fsp3) is 0.500. The Hall–Kier alpha value is -1.51. The van der Waals surface area contributed by atoms with Gasteiger partial charge in [-0.2, -0.15) is 0 Å². The van der Waals surface area contributed by atoms with Gasteiger partial charge in [-0.05, 0) is 30.5 Å². The minimum atomic E-state index is 0.0857. The Bertz CT molecular complexity index is 366. The normalized spacial score (nSPS) is 16.7. The maximum absolute atomic E-state index is 11.8. The van der Waals surface area contributed by atoms with E-state index in [1.54, 1.807) is 24.3 Å². The van der Waals surface area contributed by atoms with Gasteiger partial charge in [0.15, 0.2) is 0 Å². The zero-order valence-electron chi connectivity index (χ0n) is 9.98.